The number of carboxylic acid groups (broad SMARTS) is 1. The van der Waals surface area contributed by atoms with Gasteiger partial charge in [-0.1, -0.05) is 12.1 Å². The van der Waals surface area contributed by atoms with E-state index < -0.39 is 9.51 Å². The summed E-state index contributed by atoms with van der Waals surface area (Å²) in [6.45, 7) is 0. The van der Waals surface area contributed by atoms with E-state index in [0.717, 1.165) is 12.7 Å². The summed E-state index contributed by atoms with van der Waals surface area (Å²) >= 11 is 6.00. The van der Waals surface area contributed by atoms with Gasteiger partial charge in [-0.15, -0.1) is 5.75 Å². The first kappa shape index (κ1) is 22.7. The molecule has 0 spiro atoms. The topological polar surface area (TPSA) is 95.6 Å². The number of nitrogens with two attached hydrogens (primary N) is 1. The molecule has 2 rings (SSSR count). The Kier molecular flexibility index (Phi) is 9.04. The second-order valence-electron chi connectivity index (χ2n) is 4.81. The van der Waals surface area contributed by atoms with Crippen LogP contribution >= 0.6 is 67.8 Å². The molecule has 0 unspecified atom stereocenters. The van der Waals surface area contributed by atoms with Crippen LogP contribution in [-0.2, 0) is 11.2 Å². The molecule has 0 fully saturated rings. The van der Waals surface area contributed by atoms with Crippen LogP contribution in [-0.4, -0.2) is 14.6 Å². The van der Waals surface area contributed by atoms with Crippen molar-refractivity contribution in [3.8, 4) is 17.2 Å². The molecule has 5 nitrogen and oxygen atoms in total. The van der Waals surface area contributed by atoms with Crippen LogP contribution in [0, 0.1) is 7.14 Å². The van der Waals surface area contributed by atoms with Crippen LogP contribution in [0.4, 0.5) is 0 Å². The zero-order valence-corrected chi connectivity index (χ0v) is 21.0. The van der Waals surface area contributed by atoms with Gasteiger partial charge in [0.1, 0.15) is 5.75 Å². The summed E-state index contributed by atoms with van der Waals surface area (Å²) in [5, 5.41) is 20.2. The number of carboxylic acids is 1. The Bertz CT molecular complexity index is 715. The zero-order chi connectivity index (χ0) is 17.2. The Hall–Kier alpha value is 0.660. The van der Waals surface area contributed by atoms with Gasteiger partial charge in [-0.3, -0.25) is 0 Å². The first-order chi connectivity index (χ1) is 10.7. The van der Waals surface area contributed by atoms with Crippen molar-refractivity contribution in [1.29, 1.82) is 0 Å². The van der Waals surface area contributed by atoms with Crippen molar-refractivity contribution < 1.29 is 49.3 Å². The van der Waals surface area contributed by atoms with Crippen molar-refractivity contribution in [2.75, 3.05) is 0 Å². The number of rotatable bonds is 5. The van der Waals surface area contributed by atoms with E-state index in [9.17, 15) is 9.90 Å². The molecule has 0 aliphatic carbocycles. The second kappa shape index (κ2) is 9.55. The van der Waals surface area contributed by atoms with E-state index in [1.54, 1.807) is 34.7 Å². The quantitative estimate of drug-likeness (QED) is 0.209. The number of hydrogen-bond donors (Lipinski definition) is 2. The monoisotopic (exact) mass is 673 g/mol. The summed E-state index contributed by atoms with van der Waals surface area (Å²) in [5.41, 5.74) is 6.61. The van der Waals surface area contributed by atoms with Crippen molar-refractivity contribution in [1.82, 2.24) is 0 Å². The molecule has 0 aliphatic heterocycles. The Balaban J connectivity index is 0.00000288. The standard InChI is InChI=1S/C15H12I3NO4.Na/c16-11-5-8(7-15(18,19)14(21)22)6-12(17)13(11)23-10-3-1-9(20)2-4-10;/h1-6,20H,7,19H2,(H,21,22);/q;+1/p-1/t15-;/m0./s1. The molecule has 24 heavy (non-hydrogen) atoms. The summed E-state index contributed by atoms with van der Waals surface area (Å²) in [6.07, 6.45) is 0.208. The van der Waals surface area contributed by atoms with E-state index in [4.69, 9.17) is 15.6 Å². The number of ether oxygens (including phenoxy) is 1. The second-order valence-corrected chi connectivity index (χ2v) is 9.06. The molecule has 1 atom stereocenters. The van der Waals surface area contributed by atoms with E-state index >= 15 is 0 Å². The third-order valence-electron chi connectivity index (χ3n) is 2.92. The smallest absolute Gasteiger partial charge is 0.872 e. The van der Waals surface area contributed by atoms with Crippen LogP contribution in [0.3, 0.4) is 0 Å². The van der Waals surface area contributed by atoms with E-state index in [2.05, 4.69) is 45.2 Å². The van der Waals surface area contributed by atoms with Gasteiger partial charge in [-0.2, -0.15) is 0 Å². The molecule has 3 N–H and O–H groups in total. The number of halogens is 3. The summed E-state index contributed by atoms with van der Waals surface area (Å²) in [6, 6.07) is 9.81. The Morgan fingerprint density at radius 2 is 1.71 bits per heavy atom. The van der Waals surface area contributed by atoms with E-state index in [1.165, 1.54) is 12.1 Å². The van der Waals surface area contributed by atoms with Crippen molar-refractivity contribution in [2.24, 2.45) is 5.73 Å². The van der Waals surface area contributed by atoms with Gasteiger partial charge in [-0.25, -0.2) is 4.79 Å². The van der Waals surface area contributed by atoms with E-state index in [0.29, 0.717) is 11.5 Å². The van der Waals surface area contributed by atoms with Crippen molar-refractivity contribution in [3.63, 3.8) is 0 Å². The van der Waals surface area contributed by atoms with Crippen LogP contribution in [0.25, 0.3) is 0 Å². The van der Waals surface area contributed by atoms with Gasteiger partial charge in [0.05, 0.1) is 7.14 Å². The maximum atomic E-state index is 11.1. The third-order valence-corrected chi connectivity index (χ3v) is 5.36. The molecule has 0 aliphatic rings. The van der Waals surface area contributed by atoms with Crippen molar-refractivity contribution >= 4 is 73.7 Å². The van der Waals surface area contributed by atoms with Gasteiger partial charge in [0.15, 0.2) is 9.30 Å². The fourth-order valence-electron chi connectivity index (χ4n) is 1.81. The minimum Gasteiger partial charge on any atom is -0.872 e. The number of hydrogen-bond acceptors (Lipinski definition) is 4. The Morgan fingerprint density at radius 1 is 1.21 bits per heavy atom. The SMILES string of the molecule is N[C@@](I)(Cc1cc(I)c(Oc2ccc([O-])cc2)c(I)c1)C(=O)O.[Na+]. The zero-order valence-electron chi connectivity index (χ0n) is 12.6. The van der Waals surface area contributed by atoms with Crippen molar-refractivity contribution in [2.45, 2.75) is 9.97 Å². The average molecular weight is 673 g/mol. The van der Waals surface area contributed by atoms with E-state index in [-0.39, 0.29) is 41.7 Å². The molecule has 0 amide bonds. The summed E-state index contributed by atoms with van der Waals surface area (Å²) in [4.78, 5) is 11.1. The predicted molar refractivity (Wildman–Crippen MR) is 110 cm³/mol. The molecule has 9 heteroatoms. The number of benzene rings is 2. The van der Waals surface area contributed by atoms with Gasteiger partial charge < -0.3 is 20.7 Å². The van der Waals surface area contributed by atoms with Crippen LogP contribution in [0.2, 0.25) is 0 Å². The summed E-state index contributed by atoms with van der Waals surface area (Å²) < 4.78 is 6.16. The number of alkyl halides is 1. The minimum absolute atomic E-state index is 0. The van der Waals surface area contributed by atoms with E-state index in [1.807, 2.05) is 12.1 Å². The molecule has 2 aromatic rings. The molecule has 2 aromatic carbocycles. The molecule has 0 saturated heterocycles. The average Bonchev–Trinajstić information content (AvgIpc) is 2.44. The van der Waals surface area contributed by atoms with Gasteiger partial charge in [0, 0.05) is 6.42 Å². The molecule has 0 saturated carbocycles. The molecular formula is C15H11I3NNaO4. The molecule has 0 radical (unpaired) electrons. The Morgan fingerprint density at radius 3 is 2.17 bits per heavy atom. The van der Waals surface area contributed by atoms with Gasteiger partial charge in [0.2, 0.25) is 0 Å². The fraction of sp³-hybridized carbons (Fsp3) is 0.133. The third kappa shape index (κ3) is 6.13. The largest absolute Gasteiger partial charge is 1.00 e. The van der Waals surface area contributed by atoms with Gasteiger partial charge >= 0.3 is 35.5 Å². The van der Waals surface area contributed by atoms with Crippen LogP contribution in [0.1, 0.15) is 5.56 Å². The maximum Gasteiger partial charge on any atom is 1.00 e. The molecule has 0 heterocycles. The summed E-state index contributed by atoms with van der Waals surface area (Å²) in [7, 11) is 0. The van der Waals surface area contributed by atoms with Crippen molar-refractivity contribution in [3.05, 3.63) is 49.1 Å². The molecular weight excluding hydrogens is 662 g/mol. The maximum absolute atomic E-state index is 11.1. The molecule has 0 aromatic heterocycles. The first-order valence-electron chi connectivity index (χ1n) is 6.33. The number of carbonyl (C=O) groups is 1. The fourth-order valence-corrected chi connectivity index (χ4v) is 4.37. The normalized spacial score (nSPS) is 12.8. The van der Waals surface area contributed by atoms with Gasteiger partial charge in [0.25, 0.3) is 0 Å². The minimum atomic E-state index is -1.35. The molecule has 122 valence electrons. The summed E-state index contributed by atoms with van der Waals surface area (Å²) in [5.74, 6) is 0.106. The first-order valence-corrected chi connectivity index (χ1v) is 9.57. The number of aliphatic carboxylic acids is 1. The van der Waals surface area contributed by atoms with Crippen LogP contribution in [0.5, 0.6) is 17.2 Å². The Labute approximate surface area is 202 Å². The van der Waals surface area contributed by atoms with Crippen LogP contribution < -0.4 is 45.1 Å². The predicted octanol–water partition coefficient (Wildman–Crippen LogP) is 0.483. The van der Waals surface area contributed by atoms with Crippen LogP contribution in [0.15, 0.2) is 36.4 Å². The molecule has 0 bridgehead atoms. The van der Waals surface area contributed by atoms with Gasteiger partial charge in [-0.05, 0) is 97.6 Å².